The van der Waals surface area contributed by atoms with Crippen molar-refractivity contribution in [3.8, 4) is 0 Å². The normalized spacial score (nSPS) is 17.9. The minimum Gasteiger partial charge on any atom is -0.371 e. The number of non-ortho nitro benzene ring substituents is 1. The van der Waals surface area contributed by atoms with Crippen LogP contribution in [0.1, 0.15) is 41.6 Å². The molecular weight excluding hydrogens is 392 g/mol. The fraction of sp³-hybridized carbons (Fsp3) is 0.458. The van der Waals surface area contributed by atoms with Crippen LogP contribution in [0.2, 0.25) is 0 Å². The van der Waals surface area contributed by atoms with E-state index in [4.69, 9.17) is 0 Å². The second-order valence-electron chi connectivity index (χ2n) is 8.41. The molecule has 0 bridgehead atoms. The maximum Gasteiger partial charge on any atom is 0.270 e. The van der Waals surface area contributed by atoms with Crippen LogP contribution in [0.3, 0.4) is 0 Å². The number of carbonyl (C=O) groups excluding carboxylic acids is 1. The molecule has 2 fully saturated rings. The summed E-state index contributed by atoms with van der Waals surface area (Å²) in [5.41, 5.74) is 2.55. The molecule has 2 aromatic rings. The van der Waals surface area contributed by atoms with Gasteiger partial charge in [-0.25, -0.2) is 0 Å². The van der Waals surface area contributed by atoms with Gasteiger partial charge in [0.05, 0.1) is 16.2 Å². The van der Waals surface area contributed by atoms with E-state index in [0.29, 0.717) is 18.7 Å². The monoisotopic (exact) mass is 422 g/mol. The average molecular weight is 423 g/mol. The van der Waals surface area contributed by atoms with Crippen molar-refractivity contribution in [2.45, 2.75) is 32.2 Å². The van der Waals surface area contributed by atoms with Crippen LogP contribution < -0.4 is 4.90 Å². The Morgan fingerprint density at radius 3 is 2.39 bits per heavy atom. The maximum absolute atomic E-state index is 13.5. The van der Waals surface area contributed by atoms with Gasteiger partial charge in [0.15, 0.2) is 0 Å². The van der Waals surface area contributed by atoms with Crippen LogP contribution in [-0.2, 0) is 6.54 Å². The van der Waals surface area contributed by atoms with Crippen LogP contribution in [0.5, 0.6) is 0 Å². The van der Waals surface area contributed by atoms with Crippen molar-refractivity contribution in [3.63, 3.8) is 0 Å². The Labute approximate surface area is 183 Å². The Kier molecular flexibility index (Phi) is 6.82. The molecular formula is C24H30N4O3. The molecule has 0 spiro atoms. The molecule has 0 unspecified atom stereocenters. The van der Waals surface area contributed by atoms with Crippen molar-refractivity contribution in [1.82, 2.24) is 9.80 Å². The number of hydrogen-bond acceptors (Lipinski definition) is 5. The van der Waals surface area contributed by atoms with Crippen molar-refractivity contribution >= 4 is 17.3 Å². The number of rotatable bonds is 5. The first kappa shape index (κ1) is 21.3. The number of benzene rings is 2. The SMILES string of the molecule is O=C(c1cc([N+](=O)[O-])ccc1N1CCCCC1)N1CCCN(Cc2ccccc2)CC1. The van der Waals surface area contributed by atoms with Gasteiger partial charge < -0.3 is 9.80 Å². The molecule has 0 atom stereocenters. The van der Waals surface area contributed by atoms with Gasteiger partial charge in [0.2, 0.25) is 0 Å². The fourth-order valence-corrected chi connectivity index (χ4v) is 4.56. The van der Waals surface area contributed by atoms with Gasteiger partial charge in [-0.15, -0.1) is 0 Å². The predicted octanol–water partition coefficient (Wildman–Crippen LogP) is 3.93. The molecule has 2 aliphatic rings. The minimum absolute atomic E-state index is 0.0235. The third kappa shape index (κ3) is 5.22. The summed E-state index contributed by atoms with van der Waals surface area (Å²) in [6.45, 7) is 5.70. The van der Waals surface area contributed by atoms with Crippen LogP contribution in [-0.4, -0.2) is 59.9 Å². The zero-order chi connectivity index (χ0) is 21.6. The largest absolute Gasteiger partial charge is 0.371 e. The summed E-state index contributed by atoms with van der Waals surface area (Å²) in [7, 11) is 0. The lowest BCUT2D eigenvalue weighted by Crippen LogP contribution is -2.37. The lowest BCUT2D eigenvalue weighted by molar-refractivity contribution is -0.384. The molecule has 7 nitrogen and oxygen atoms in total. The van der Waals surface area contributed by atoms with Gasteiger partial charge in [0, 0.05) is 57.9 Å². The van der Waals surface area contributed by atoms with Crippen LogP contribution in [0.15, 0.2) is 48.5 Å². The lowest BCUT2D eigenvalue weighted by atomic mass is 10.1. The van der Waals surface area contributed by atoms with Crippen molar-refractivity contribution in [2.24, 2.45) is 0 Å². The first-order valence-corrected chi connectivity index (χ1v) is 11.2. The summed E-state index contributed by atoms with van der Waals surface area (Å²) in [5, 5.41) is 11.4. The molecule has 31 heavy (non-hydrogen) atoms. The van der Waals surface area contributed by atoms with Crippen molar-refractivity contribution in [3.05, 3.63) is 69.8 Å². The third-order valence-corrected chi connectivity index (χ3v) is 6.24. The molecule has 0 N–H and O–H groups in total. The van der Waals surface area contributed by atoms with E-state index in [1.807, 2.05) is 23.1 Å². The molecule has 2 aliphatic heterocycles. The zero-order valence-corrected chi connectivity index (χ0v) is 17.9. The highest BCUT2D eigenvalue weighted by Crippen LogP contribution is 2.29. The van der Waals surface area contributed by atoms with E-state index >= 15 is 0 Å². The first-order chi connectivity index (χ1) is 15.1. The van der Waals surface area contributed by atoms with Crippen LogP contribution in [0.4, 0.5) is 11.4 Å². The van der Waals surface area contributed by atoms with Gasteiger partial charge in [-0.05, 0) is 37.3 Å². The second-order valence-corrected chi connectivity index (χ2v) is 8.41. The van der Waals surface area contributed by atoms with Gasteiger partial charge in [-0.1, -0.05) is 30.3 Å². The number of hydrogen-bond donors (Lipinski definition) is 0. The molecule has 2 aromatic carbocycles. The van der Waals surface area contributed by atoms with Gasteiger partial charge in [0.25, 0.3) is 11.6 Å². The Hall–Kier alpha value is -2.93. The first-order valence-electron chi connectivity index (χ1n) is 11.2. The van der Waals surface area contributed by atoms with Crippen molar-refractivity contribution in [1.29, 1.82) is 0 Å². The highest BCUT2D eigenvalue weighted by molar-refractivity contribution is 6.00. The number of nitro groups is 1. The Morgan fingerprint density at radius 2 is 1.65 bits per heavy atom. The van der Waals surface area contributed by atoms with Gasteiger partial charge in [-0.3, -0.25) is 19.8 Å². The molecule has 0 aliphatic carbocycles. The van der Waals surface area contributed by atoms with E-state index in [-0.39, 0.29) is 11.6 Å². The number of nitrogens with zero attached hydrogens (tertiary/aromatic N) is 4. The number of amides is 1. The topological polar surface area (TPSA) is 69.9 Å². The summed E-state index contributed by atoms with van der Waals surface area (Å²) < 4.78 is 0. The van der Waals surface area contributed by atoms with Crippen LogP contribution >= 0.6 is 0 Å². The Morgan fingerprint density at radius 1 is 0.871 bits per heavy atom. The standard InChI is InChI=1S/C24H30N4O3/c29-24(27-15-7-12-25(16-17-27)19-20-8-3-1-4-9-20)22-18-21(28(30)31)10-11-23(22)26-13-5-2-6-14-26/h1,3-4,8-11,18H,2,5-7,12-17,19H2. The van der Waals surface area contributed by atoms with Gasteiger partial charge in [0.1, 0.15) is 0 Å². The zero-order valence-electron chi connectivity index (χ0n) is 17.9. The van der Waals surface area contributed by atoms with E-state index in [1.165, 1.54) is 24.1 Å². The summed E-state index contributed by atoms with van der Waals surface area (Å²) in [6, 6.07) is 15.1. The number of piperidine rings is 1. The quantitative estimate of drug-likeness (QED) is 0.539. The Balaban J connectivity index is 1.51. The lowest BCUT2D eigenvalue weighted by Gasteiger charge is -2.31. The van der Waals surface area contributed by atoms with E-state index in [2.05, 4.69) is 21.9 Å². The highest BCUT2D eigenvalue weighted by Gasteiger charge is 2.26. The second kappa shape index (κ2) is 9.92. The molecule has 0 saturated carbocycles. The van der Waals surface area contributed by atoms with Crippen molar-refractivity contribution in [2.75, 3.05) is 44.2 Å². The van der Waals surface area contributed by atoms with Crippen molar-refractivity contribution < 1.29 is 9.72 Å². The summed E-state index contributed by atoms with van der Waals surface area (Å²) >= 11 is 0. The number of carbonyl (C=O) groups is 1. The predicted molar refractivity (Wildman–Crippen MR) is 121 cm³/mol. The minimum atomic E-state index is -0.416. The third-order valence-electron chi connectivity index (χ3n) is 6.24. The number of nitro benzene ring substituents is 1. The molecule has 2 saturated heterocycles. The molecule has 0 aromatic heterocycles. The van der Waals surface area contributed by atoms with Crippen LogP contribution in [0, 0.1) is 10.1 Å². The van der Waals surface area contributed by atoms with E-state index in [1.54, 1.807) is 6.07 Å². The summed E-state index contributed by atoms with van der Waals surface area (Å²) in [6.07, 6.45) is 4.26. The molecule has 2 heterocycles. The van der Waals surface area contributed by atoms with Gasteiger partial charge >= 0.3 is 0 Å². The maximum atomic E-state index is 13.5. The summed E-state index contributed by atoms with van der Waals surface area (Å²) in [4.78, 5) is 30.9. The smallest absolute Gasteiger partial charge is 0.270 e. The average Bonchev–Trinajstić information content (AvgIpc) is 3.05. The number of anilines is 1. The molecule has 0 radical (unpaired) electrons. The fourth-order valence-electron chi connectivity index (χ4n) is 4.56. The summed E-state index contributed by atoms with van der Waals surface area (Å²) in [5.74, 6) is -0.0918. The molecule has 4 rings (SSSR count). The van der Waals surface area contributed by atoms with Gasteiger partial charge in [-0.2, -0.15) is 0 Å². The van der Waals surface area contributed by atoms with E-state index < -0.39 is 4.92 Å². The van der Waals surface area contributed by atoms with E-state index in [9.17, 15) is 14.9 Å². The molecule has 1 amide bonds. The van der Waals surface area contributed by atoms with Crippen LogP contribution in [0.25, 0.3) is 0 Å². The Bertz CT molecular complexity index is 912. The molecule has 7 heteroatoms. The highest BCUT2D eigenvalue weighted by atomic mass is 16.6. The molecule has 164 valence electrons. The van der Waals surface area contributed by atoms with E-state index in [0.717, 1.165) is 57.7 Å².